The first-order chi connectivity index (χ1) is 16.7. The van der Waals surface area contributed by atoms with Crippen molar-refractivity contribution >= 4 is 11.7 Å². The number of benzene rings is 1. The summed E-state index contributed by atoms with van der Waals surface area (Å²) in [5, 5.41) is 13.8. The minimum absolute atomic E-state index is 0.197. The minimum atomic E-state index is 0.197. The van der Waals surface area contributed by atoms with E-state index in [1.165, 1.54) is 0 Å². The van der Waals surface area contributed by atoms with Gasteiger partial charge in [-0.25, -0.2) is 9.67 Å². The lowest BCUT2D eigenvalue weighted by Gasteiger charge is -2.42. The average molecular weight is 454 g/mol. The topological polar surface area (TPSA) is 81.3 Å². The van der Waals surface area contributed by atoms with E-state index in [9.17, 15) is 4.79 Å². The van der Waals surface area contributed by atoms with E-state index in [0.29, 0.717) is 30.7 Å². The third kappa shape index (κ3) is 3.82. The predicted molar refractivity (Wildman–Crippen MR) is 127 cm³/mol. The maximum Gasteiger partial charge on any atom is 0.237 e. The molecule has 172 valence electrons. The molecule has 0 aliphatic carbocycles. The number of hydrogen-bond donors (Lipinski definition) is 0. The highest BCUT2D eigenvalue weighted by Crippen LogP contribution is 2.34. The molecule has 8 nitrogen and oxygen atoms in total. The molecule has 8 heteroatoms. The van der Waals surface area contributed by atoms with Gasteiger partial charge in [0.1, 0.15) is 11.9 Å². The number of fused-ring (bicyclic) bond motifs is 3. The van der Waals surface area contributed by atoms with Crippen LogP contribution in [0.5, 0.6) is 0 Å². The van der Waals surface area contributed by atoms with Gasteiger partial charge in [0.15, 0.2) is 0 Å². The zero-order valence-corrected chi connectivity index (χ0v) is 19.0. The van der Waals surface area contributed by atoms with Crippen LogP contribution in [0.4, 0.5) is 5.82 Å². The van der Waals surface area contributed by atoms with Gasteiger partial charge in [-0.05, 0) is 37.1 Å². The van der Waals surface area contributed by atoms with Gasteiger partial charge in [0.05, 0.1) is 23.5 Å². The normalized spacial score (nSPS) is 21.9. The van der Waals surface area contributed by atoms with Crippen molar-refractivity contribution in [1.82, 2.24) is 24.6 Å². The number of nitriles is 1. The summed E-state index contributed by atoms with van der Waals surface area (Å²) in [6.07, 6.45) is 6.73. The molecule has 2 aromatic heterocycles. The van der Waals surface area contributed by atoms with Crippen LogP contribution in [0.25, 0.3) is 5.69 Å². The van der Waals surface area contributed by atoms with Crippen LogP contribution in [0, 0.1) is 11.3 Å². The van der Waals surface area contributed by atoms with Gasteiger partial charge in [0, 0.05) is 62.6 Å². The smallest absolute Gasteiger partial charge is 0.237 e. The average Bonchev–Trinajstić information content (AvgIpc) is 3.42. The second-order valence-electron chi connectivity index (χ2n) is 9.45. The highest BCUT2D eigenvalue weighted by molar-refractivity contribution is 5.78. The molecular formula is C26H27N7O. The summed E-state index contributed by atoms with van der Waals surface area (Å²) >= 11 is 0. The Hall–Kier alpha value is -3.70. The number of nitrogens with zero attached hydrogens (tertiary/aromatic N) is 7. The molecule has 0 N–H and O–H groups in total. The molecule has 2 bridgehead atoms. The molecule has 2 unspecified atom stereocenters. The second kappa shape index (κ2) is 8.58. The van der Waals surface area contributed by atoms with E-state index in [1.54, 1.807) is 6.20 Å². The largest absolute Gasteiger partial charge is 0.348 e. The van der Waals surface area contributed by atoms with Crippen LogP contribution >= 0.6 is 0 Å². The molecule has 3 aliphatic rings. The molecule has 6 rings (SSSR count). The number of amides is 1. The number of piperazine rings is 1. The van der Waals surface area contributed by atoms with E-state index in [0.717, 1.165) is 61.7 Å². The van der Waals surface area contributed by atoms with E-state index in [1.807, 2.05) is 52.0 Å². The third-order valence-electron chi connectivity index (χ3n) is 7.29. The van der Waals surface area contributed by atoms with Gasteiger partial charge in [-0.1, -0.05) is 18.2 Å². The fourth-order valence-corrected chi connectivity index (χ4v) is 5.63. The van der Waals surface area contributed by atoms with E-state index in [2.05, 4.69) is 27.0 Å². The Morgan fingerprint density at radius 1 is 1.09 bits per heavy atom. The van der Waals surface area contributed by atoms with Crippen LogP contribution in [-0.2, 0) is 17.8 Å². The maximum absolute atomic E-state index is 13.2. The van der Waals surface area contributed by atoms with Crippen molar-refractivity contribution in [2.45, 2.75) is 37.9 Å². The van der Waals surface area contributed by atoms with Gasteiger partial charge in [-0.2, -0.15) is 10.4 Å². The third-order valence-corrected chi connectivity index (χ3v) is 7.29. The fraction of sp³-hybridized carbons (Fsp3) is 0.385. The lowest BCUT2D eigenvalue weighted by atomic mass is 10.1. The van der Waals surface area contributed by atoms with Gasteiger partial charge in [-0.15, -0.1) is 0 Å². The molecule has 2 atom stereocenters. The Morgan fingerprint density at radius 2 is 1.88 bits per heavy atom. The second-order valence-corrected chi connectivity index (χ2v) is 9.45. The lowest BCUT2D eigenvalue weighted by molar-refractivity contribution is -0.133. The SMILES string of the molecule is N#Cc1ccc(N2C3CCC2CN(CC(=O)N2CCc4nn(-c5ccccc5)cc4C2)C3)nc1. The summed E-state index contributed by atoms with van der Waals surface area (Å²) < 4.78 is 1.92. The van der Waals surface area contributed by atoms with Crippen molar-refractivity contribution in [2.24, 2.45) is 0 Å². The number of pyridine rings is 1. The zero-order valence-electron chi connectivity index (χ0n) is 19.0. The Bertz CT molecular complexity index is 1220. The van der Waals surface area contributed by atoms with Crippen LogP contribution in [0.2, 0.25) is 0 Å². The number of likely N-dealkylation sites (tertiary alicyclic amines) is 1. The summed E-state index contributed by atoms with van der Waals surface area (Å²) in [5.41, 5.74) is 3.86. The molecule has 3 aliphatic heterocycles. The van der Waals surface area contributed by atoms with Crippen LogP contribution in [-0.4, -0.2) is 68.7 Å². The quantitative estimate of drug-likeness (QED) is 0.603. The Kier molecular flexibility index (Phi) is 5.27. The predicted octanol–water partition coefficient (Wildman–Crippen LogP) is 2.38. The van der Waals surface area contributed by atoms with E-state index >= 15 is 0 Å². The van der Waals surface area contributed by atoms with Crippen molar-refractivity contribution in [3.05, 3.63) is 71.7 Å². The van der Waals surface area contributed by atoms with E-state index in [4.69, 9.17) is 10.4 Å². The molecule has 2 saturated heterocycles. The molecule has 3 aromatic rings. The number of rotatable bonds is 4. The fourth-order valence-electron chi connectivity index (χ4n) is 5.63. The van der Waals surface area contributed by atoms with Gasteiger partial charge >= 0.3 is 0 Å². The van der Waals surface area contributed by atoms with Crippen LogP contribution < -0.4 is 4.90 Å². The first-order valence-corrected chi connectivity index (χ1v) is 12.0. The Morgan fingerprint density at radius 3 is 2.59 bits per heavy atom. The van der Waals surface area contributed by atoms with E-state index < -0.39 is 0 Å². The highest BCUT2D eigenvalue weighted by atomic mass is 16.2. The molecule has 0 saturated carbocycles. The molecule has 5 heterocycles. The summed E-state index contributed by atoms with van der Waals surface area (Å²) in [4.78, 5) is 24.4. The minimum Gasteiger partial charge on any atom is -0.348 e. The molecule has 2 fully saturated rings. The van der Waals surface area contributed by atoms with Gasteiger partial charge in [-0.3, -0.25) is 9.69 Å². The lowest BCUT2D eigenvalue weighted by Crippen LogP contribution is -2.56. The number of hydrogen-bond acceptors (Lipinski definition) is 6. The molecule has 1 amide bonds. The first-order valence-electron chi connectivity index (χ1n) is 12.0. The van der Waals surface area contributed by atoms with Crippen molar-refractivity contribution in [3.63, 3.8) is 0 Å². The van der Waals surface area contributed by atoms with Gasteiger partial charge in [0.25, 0.3) is 0 Å². The van der Waals surface area contributed by atoms with Crippen LogP contribution in [0.15, 0.2) is 54.9 Å². The molecule has 34 heavy (non-hydrogen) atoms. The van der Waals surface area contributed by atoms with Crippen molar-refractivity contribution in [3.8, 4) is 11.8 Å². The Labute approximate surface area is 199 Å². The highest BCUT2D eigenvalue weighted by Gasteiger charge is 2.41. The Balaban J connectivity index is 1.09. The summed E-state index contributed by atoms with van der Waals surface area (Å²) in [6.45, 7) is 3.55. The maximum atomic E-state index is 13.2. The zero-order chi connectivity index (χ0) is 23.1. The number of carbonyl (C=O) groups excluding carboxylic acids is 1. The van der Waals surface area contributed by atoms with Crippen molar-refractivity contribution in [2.75, 3.05) is 31.1 Å². The molecule has 0 spiro atoms. The monoisotopic (exact) mass is 453 g/mol. The number of para-hydroxylation sites is 1. The molecule has 0 radical (unpaired) electrons. The number of aromatic nitrogens is 3. The van der Waals surface area contributed by atoms with Gasteiger partial charge < -0.3 is 9.80 Å². The summed E-state index contributed by atoms with van der Waals surface area (Å²) in [6, 6.07) is 16.8. The first kappa shape index (κ1) is 20.9. The van der Waals surface area contributed by atoms with Gasteiger partial charge in [0.2, 0.25) is 5.91 Å². The summed E-state index contributed by atoms with van der Waals surface area (Å²) in [5.74, 6) is 1.14. The number of anilines is 1. The van der Waals surface area contributed by atoms with Crippen LogP contribution in [0.1, 0.15) is 29.7 Å². The van der Waals surface area contributed by atoms with Crippen molar-refractivity contribution in [1.29, 1.82) is 5.26 Å². The molecular weight excluding hydrogens is 426 g/mol. The number of carbonyl (C=O) groups is 1. The van der Waals surface area contributed by atoms with Crippen LogP contribution in [0.3, 0.4) is 0 Å². The molecule has 1 aromatic carbocycles. The standard InChI is InChI=1S/C26H27N7O/c27-12-19-6-9-25(28-13-19)33-22-7-8-23(33)17-30(16-22)18-26(34)31-11-10-24-20(14-31)15-32(29-24)21-4-2-1-3-5-21/h1-6,9,13,15,22-23H,7-8,10-11,14,16-18H2. The van der Waals surface area contributed by atoms with Crippen molar-refractivity contribution < 1.29 is 4.79 Å². The summed E-state index contributed by atoms with van der Waals surface area (Å²) in [7, 11) is 0. The van der Waals surface area contributed by atoms with E-state index in [-0.39, 0.29) is 5.91 Å².